The van der Waals surface area contributed by atoms with E-state index in [-0.39, 0.29) is 12.1 Å². The van der Waals surface area contributed by atoms with Gasteiger partial charge in [0.05, 0.1) is 19.0 Å². The number of furan rings is 1. The van der Waals surface area contributed by atoms with Gasteiger partial charge in [0, 0.05) is 12.6 Å². The molecule has 3 N–H and O–H groups in total. The standard InChI is InChI=1S/C12H19N3O2/c13-14-12(10-4-2-6-16-10)11-7-15-5-1-3-9(15)8-17-11/h2,4,6,9,11-12,14H,1,3,5,7-8,13H2. The summed E-state index contributed by atoms with van der Waals surface area (Å²) in [7, 11) is 0. The van der Waals surface area contributed by atoms with E-state index in [0.717, 1.165) is 18.9 Å². The van der Waals surface area contributed by atoms with Gasteiger partial charge in [-0.25, -0.2) is 5.43 Å². The molecule has 0 radical (unpaired) electrons. The maximum Gasteiger partial charge on any atom is 0.124 e. The number of ether oxygens (including phenoxy) is 1. The minimum Gasteiger partial charge on any atom is -0.468 e. The van der Waals surface area contributed by atoms with Crippen LogP contribution in [0, 0.1) is 0 Å². The van der Waals surface area contributed by atoms with Gasteiger partial charge in [-0.1, -0.05) is 0 Å². The summed E-state index contributed by atoms with van der Waals surface area (Å²) in [6.07, 6.45) is 4.28. The lowest BCUT2D eigenvalue weighted by Crippen LogP contribution is -2.51. The normalized spacial score (nSPS) is 31.4. The van der Waals surface area contributed by atoms with Crippen molar-refractivity contribution < 1.29 is 9.15 Å². The van der Waals surface area contributed by atoms with E-state index in [2.05, 4.69) is 10.3 Å². The van der Waals surface area contributed by atoms with Crippen LogP contribution in [-0.2, 0) is 4.74 Å². The Bertz CT molecular complexity index is 355. The fourth-order valence-electron chi connectivity index (χ4n) is 2.89. The minimum absolute atomic E-state index is 0.0634. The second-order valence-electron chi connectivity index (χ2n) is 4.82. The number of hydrogen-bond donors (Lipinski definition) is 2. The van der Waals surface area contributed by atoms with E-state index >= 15 is 0 Å². The molecule has 0 aliphatic carbocycles. The lowest BCUT2D eigenvalue weighted by atomic mass is 10.1. The van der Waals surface area contributed by atoms with Gasteiger partial charge in [0.1, 0.15) is 11.8 Å². The summed E-state index contributed by atoms with van der Waals surface area (Å²) >= 11 is 0. The molecule has 3 heterocycles. The maximum atomic E-state index is 5.92. The molecule has 17 heavy (non-hydrogen) atoms. The highest BCUT2D eigenvalue weighted by atomic mass is 16.5. The average molecular weight is 237 g/mol. The van der Waals surface area contributed by atoms with Crippen molar-refractivity contribution in [1.82, 2.24) is 10.3 Å². The van der Waals surface area contributed by atoms with Crippen molar-refractivity contribution in [2.24, 2.45) is 5.84 Å². The first-order valence-electron chi connectivity index (χ1n) is 6.23. The molecule has 2 saturated heterocycles. The van der Waals surface area contributed by atoms with Gasteiger partial charge in [-0.05, 0) is 31.5 Å². The molecule has 2 aliphatic rings. The van der Waals surface area contributed by atoms with Gasteiger partial charge < -0.3 is 9.15 Å². The van der Waals surface area contributed by atoms with Crippen LogP contribution >= 0.6 is 0 Å². The number of rotatable bonds is 3. The van der Waals surface area contributed by atoms with Gasteiger partial charge in [0.25, 0.3) is 0 Å². The van der Waals surface area contributed by atoms with Crippen LogP contribution in [0.4, 0.5) is 0 Å². The van der Waals surface area contributed by atoms with Gasteiger partial charge in [-0.3, -0.25) is 10.7 Å². The smallest absolute Gasteiger partial charge is 0.124 e. The van der Waals surface area contributed by atoms with Crippen LogP contribution in [0.25, 0.3) is 0 Å². The van der Waals surface area contributed by atoms with Crippen LogP contribution in [-0.4, -0.2) is 36.7 Å². The zero-order valence-corrected chi connectivity index (χ0v) is 9.84. The number of hydrogen-bond acceptors (Lipinski definition) is 5. The van der Waals surface area contributed by atoms with Gasteiger partial charge >= 0.3 is 0 Å². The molecule has 2 fully saturated rings. The highest BCUT2D eigenvalue weighted by molar-refractivity contribution is 5.07. The quantitative estimate of drug-likeness (QED) is 0.597. The Kier molecular flexibility index (Phi) is 3.15. The van der Waals surface area contributed by atoms with E-state index in [1.165, 1.54) is 19.4 Å². The molecule has 0 saturated carbocycles. The molecule has 0 bridgehead atoms. The second-order valence-corrected chi connectivity index (χ2v) is 4.82. The summed E-state index contributed by atoms with van der Waals surface area (Å²) in [5.41, 5.74) is 2.81. The fourth-order valence-corrected chi connectivity index (χ4v) is 2.89. The molecule has 1 aromatic heterocycles. The highest BCUT2D eigenvalue weighted by Crippen LogP contribution is 2.28. The Morgan fingerprint density at radius 1 is 1.53 bits per heavy atom. The van der Waals surface area contributed by atoms with Crippen molar-refractivity contribution in [1.29, 1.82) is 0 Å². The Morgan fingerprint density at radius 3 is 3.24 bits per heavy atom. The second kappa shape index (κ2) is 4.78. The zero-order valence-electron chi connectivity index (χ0n) is 9.84. The fraction of sp³-hybridized carbons (Fsp3) is 0.667. The van der Waals surface area contributed by atoms with Crippen LogP contribution < -0.4 is 11.3 Å². The summed E-state index contributed by atoms with van der Waals surface area (Å²) in [4.78, 5) is 2.50. The molecule has 0 spiro atoms. The van der Waals surface area contributed by atoms with Crippen molar-refractivity contribution in [2.75, 3.05) is 19.7 Å². The summed E-state index contributed by atoms with van der Waals surface area (Å²) in [5, 5.41) is 0. The third kappa shape index (κ3) is 2.11. The SMILES string of the molecule is NNC(c1ccco1)C1CN2CCCC2CO1. The summed E-state index contributed by atoms with van der Waals surface area (Å²) < 4.78 is 11.3. The molecule has 3 unspecified atom stereocenters. The van der Waals surface area contributed by atoms with Crippen LogP contribution in [0.1, 0.15) is 24.6 Å². The van der Waals surface area contributed by atoms with Crippen LogP contribution in [0.3, 0.4) is 0 Å². The molecule has 1 aromatic rings. The molecular weight excluding hydrogens is 218 g/mol. The van der Waals surface area contributed by atoms with Gasteiger partial charge in [0.15, 0.2) is 0 Å². The maximum absolute atomic E-state index is 5.92. The zero-order chi connectivity index (χ0) is 11.7. The molecule has 2 aliphatic heterocycles. The monoisotopic (exact) mass is 237 g/mol. The Balaban J connectivity index is 1.71. The third-order valence-corrected chi connectivity index (χ3v) is 3.82. The first-order valence-corrected chi connectivity index (χ1v) is 6.23. The predicted octanol–water partition coefficient (Wildman–Crippen LogP) is 0.647. The van der Waals surface area contributed by atoms with E-state index < -0.39 is 0 Å². The topological polar surface area (TPSA) is 63.7 Å². The van der Waals surface area contributed by atoms with Gasteiger partial charge in [0.2, 0.25) is 0 Å². The summed E-state index contributed by atoms with van der Waals surface area (Å²) in [6, 6.07) is 4.36. The molecular formula is C12H19N3O2. The molecule has 5 nitrogen and oxygen atoms in total. The Hall–Kier alpha value is -0.880. The number of hydrazine groups is 1. The number of morpholine rings is 1. The number of fused-ring (bicyclic) bond motifs is 1. The number of nitrogens with zero attached hydrogens (tertiary/aromatic N) is 1. The van der Waals surface area contributed by atoms with Crippen LogP contribution in [0.2, 0.25) is 0 Å². The van der Waals surface area contributed by atoms with E-state index in [1.54, 1.807) is 6.26 Å². The van der Waals surface area contributed by atoms with Crippen molar-refractivity contribution in [3.05, 3.63) is 24.2 Å². The molecule has 0 aromatic carbocycles. The van der Waals surface area contributed by atoms with Crippen molar-refractivity contribution in [2.45, 2.75) is 31.0 Å². The number of nitrogens with two attached hydrogens (primary N) is 1. The van der Waals surface area contributed by atoms with E-state index in [1.807, 2.05) is 12.1 Å². The van der Waals surface area contributed by atoms with E-state index in [9.17, 15) is 0 Å². The lowest BCUT2D eigenvalue weighted by molar-refractivity contribution is -0.0681. The van der Waals surface area contributed by atoms with Gasteiger partial charge in [-0.15, -0.1) is 0 Å². The molecule has 94 valence electrons. The average Bonchev–Trinajstić information content (AvgIpc) is 2.99. The largest absolute Gasteiger partial charge is 0.468 e. The van der Waals surface area contributed by atoms with Crippen molar-refractivity contribution in [3.63, 3.8) is 0 Å². The Labute approximate surface area is 101 Å². The first kappa shape index (κ1) is 11.2. The molecule has 3 rings (SSSR count). The summed E-state index contributed by atoms with van der Waals surface area (Å²) in [6.45, 7) is 2.92. The highest BCUT2D eigenvalue weighted by Gasteiger charge is 2.36. The number of nitrogens with one attached hydrogen (secondary N) is 1. The van der Waals surface area contributed by atoms with Crippen LogP contribution in [0.15, 0.2) is 22.8 Å². The van der Waals surface area contributed by atoms with Crippen LogP contribution in [0.5, 0.6) is 0 Å². The first-order chi connectivity index (χ1) is 8.38. The molecule has 0 amide bonds. The predicted molar refractivity (Wildman–Crippen MR) is 63.1 cm³/mol. The van der Waals surface area contributed by atoms with Crippen molar-refractivity contribution in [3.8, 4) is 0 Å². The van der Waals surface area contributed by atoms with E-state index in [0.29, 0.717) is 6.04 Å². The third-order valence-electron chi connectivity index (χ3n) is 3.82. The molecule has 5 heteroatoms. The Morgan fingerprint density at radius 2 is 2.47 bits per heavy atom. The summed E-state index contributed by atoms with van der Waals surface area (Å²) in [5.74, 6) is 6.47. The van der Waals surface area contributed by atoms with E-state index in [4.69, 9.17) is 15.0 Å². The van der Waals surface area contributed by atoms with Gasteiger partial charge in [-0.2, -0.15) is 0 Å². The lowest BCUT2D eigenvalue weighted by Gasteiger charge is -2.38. The molecule has 3 atom stereocenters. The minimum atomic E-state index is -0.0634. The van der Waals surface area contributed by atoms with Crippen molar-refractivity contribution >= 4 is 0 Å².